The van der Waals surface area contributed by atoms with Crippen molar-refractivity contribution in [2.75, 3.05) is 54.1 Å². The number of rotatable bonds is 44. The zero-order chi connectivity index (χ0) is 42.0. The second-order valence-electron chi connectivity index (χ2n) is 17.1. The number of carbonyl (C=O) groups is 1. The van der Waals surface area contributed by atoms with E-state index in [0.717, 1.165) is 38.5 Å². The molecule has 0 aromatic rings. The first-order chi connectivity index (χ1) is 27.6. The number of hydrogen-bond donors (Lipinski definition) is 0. The van der Waals surface area contributed by atoms with Crippen molar-refractivity contribution in [3.05, 3.63) is 36.5 Å². The van der Waals surface area contributed by atoms with Crippen LogP contribution in [0, 0.1) is 0 Å². The summed E-state index contributed by atoms with van der Waals surface area (Å²) in [4.78, 5) is 25.1. The third-order valence-corrected chi connectivity index (χ3v) is 11.1. The van der Waals surface area contributed by atoms with Gasteiger partial charge in [-0.25, -0.2) is 0 Å². The minimum Gasteiger partial charge on any atom is -0.756 e. The summed E-state index contributed by atoms with van der Waals surface area (Å²) in [5.74, 6) is -0.340. The van der Waals surface area contributed by atoms with Gasteiger partial charge in [0.05, 0.1) is 34.4 Å². The summed E-state index contributed by atoms with van der Waals surface area (Å²) in [5, 5.41) is 0. The Hall–Kier alpha value is -1.28. The molecule has 57 heavy (non-hydrogen) atoms. The van der Waals surface area contributed by atoms with Crippen LogP contribution in [0.5, 0.6) is 0 Å². The molecule has 0 amide bonds. The number of phosphoric acid groups is 1. The summed E-state index contributed by atoms with van der Waals surface area (Å²) in [6.07, 6.45) is 48.7. The van der Waals surface area contributed by atoms with E-state index in [0.29, 0.717) is 24.1 Å². The number of nitrogens with zero attached hydrogens (tertiary/aromatic N) is 1. The van der Waals surface area contributed by atoms with Gasteiger partial charge in [0.2, 0.25) is 0 Å². The normalized spacial score (nSPS) is 14.0. The Labute approximate surface area is 353 Å². The maximum absolute atomic E-state index is 12.7. The molecule has 9 heteroatoms. The molecule has 0 aliphatic carbocycles. The lowest BCUT2D eigenvalue weighted by Crippen LogP contribution is -2.37. The van der Waals surface area contributed by atoms with Crippen molar-refractivity contribution in [2.45, 2.75) is 213 Å². The Bertz CT molecular complexity index is 1010. The summed E-state index contributed by atoms with van der Waals surface area (Å²) < 4.78 is 34.6. The van der Waals surface area contributed by atoms with Gasteiger partial charge in [-0.05, 0) is 70.6 Å². The number of phosphoric ester groups is 1. The predicted molar refractivity (Wildman–Crippen MR) is 240 cm³/mol. The molecule has 0 N–H and O–H groups in total. The molecule has 0 aromatic heterocycles. The van der Waals surface area contributed by atoms with E-state index in [1.807, 2.05) is 21.1 Å². The average Bonchev–Trinajstić information content (AvgIpc) is 3.16. The van der Waals surface area contributed by atoms with E-state index in [1.54, 1.807) is 0 Å². The maximum atomic E-state index is 12.7. The van der Waals surface area contributed by atoms with Gasteiger partial charge in [0.25, 0.3) is 7.82 Å². The number of hydrogen-bond acceptors (Lipinski definition) is 7. The second-order valence-corrected chi connectivity index (χ2v) is 18.5. The quantitative estimate of drug-likeness (QED) is 0.0198. The molecule has 0 heterocycles. The minimum atomic E-state index is -4.53. The molecule has 0 radical (unpaired) electrons. The van der Waals surface area contributed by atoms with Crippen molar-refractivity contribution in [1.29, 1.82) is 0 Å². The highest BCUT2D eigenvalue weighted by Gasteiger charge is 2.20. The number of likely N-dealkylation sites (N-methyl/N-ethyl adjacent to an activating group) is 1. The van der Waals surface area contributed by atoms with Crippen LogP contribution < -0.4 is 4.89 Å². The second kappa shape index (κ2) is 41.5. The SMILES string of the molecule is CCCCCC/C=C\CCCCCCCCOCC(COP(=O)([O-])OCC[N+](C)(C)C)OC(=O)CCCCCCCCCCC/C=C\C/C=C\CCCCCCC. The van der Waals surface area contributed by atoms with Crippen molar-refractivity contribution in [1.82, 2.24) is 0 Å². The monoisotopic (exact) mass is 826 g/mol. The number of quaternary nitrogens is 1. The first kappa shape index (κ1) is 55.7. The van der Waals surface area contributed by atoms with Crippen LogP contribution in [0.2, 0.25) is 0 Å². The lowest BCUT2D eigenvalue weighted by Gasteiger charge is -2.28. The molecule has 336 valence electrons. The molecule has 0 bridgehead atoms. The molecule has 0 saturated heterocycles. The van der Waals surface area contributed by atoms with Crippen molar-refractivity contribution >= 4 is 13.8 Å². The number of allylic oxidation sites excluding steroid dienone is 6. The number of carbonyl (C=O) groups excluding carboxylic acids is 1. The maximum Gasteiger partial charge on any atom is 0.306 e. The van der Waals surface area contributed by atoms with E-state index >= 15 is 0 Å². The van der Waals surface area contributed by atoms with Crippen molar-refractivity contribution < 1.29 is 37.3 Å². The third kappa shape index (κ3) is 45.7. The van der Waals surface area contributed by atoms with Gasteiger partial charge in [-0.2, -0.15) is 0 Å². The Morgan fingerprint density at radius 2 is 0.965 bits per heavy atom. The fourth-order valence-corrected chi connectivity index (χ4v) is 7.18. The molecule has 0 spiro atoms. The fraction of sp³-hybridized carbons (Fsp3) is 0.854. The zero-order valence-corrected chi connectivity index (χ0v) is 38.9. The van der Waals surface area contributed by atoms with Gasteiger partial charge in [-0.3, -0.25) is 9.36 Å². The highest BCUT2D eigenvalue weighted by molar-refractivity contribution is 7.45. The van der Waals surface area contributed by atoms with E-state index < -0.39 is 13.9 Å². The summed E-state index contributed by atoms with van der Waals surface area (Å²) >= 11 is 0. The smallest absolute Gasteiger partial charge is 0.306 e. The summed E-state index contributed by atoms with van der Waals surface area (Å²) in [5.41, 5.74) is 0. The van der Waals surface area contributed by atoms with E-state index in [2.05, 4.69) is 50.3 Å². The van der Waals surface area contributed by atoms with Crippen molar-refractivity contribution in [3.63, 3.8) is 0 Å². The summed E-state index contributed by atoms with van der Waals surface area (Å²) in [6.45, 7) is 5.39. The lowest BCUT2D eigenvalue weighted by atomic mass is 10.1. The van der Waals surface area contributed by atoms with Crippen LogP contribution in [0.3, 0.4) is 0 Å². The van der Waals surface area contributed by atoms with Crippen molar-refractivity contribution in [3.8, 4) is 0 Å². The molecule has 0 saturated carbocycles. The topological polar surface area (TPSA) is 94.1 Å². The van der Waals surface area contributed by atoms with E-state index in [4.69, 9.17) is 18.5 Å². The highest BCUT2D eigenvalue weighted by Crippen LogP contribution is 2.38. The molecule has 2 atom stereocenters. The zero-order valence-electron chi connectivity index (χ0n) is 38.0. The number of unbranched alkanes of at least 4 members (excludes halogenated alkanes) is 24. The average molecular weight is 826 g/mol. The van der Waals surface area contributed by atoms with Gasteiger partial charge >= 0.3 is 5.97 Å². The largest absolute Gasteiger partial charge is 0.756 e. The van der Waals surface area contributed by atoms with Gasteiger partial charge < -0.3 is 27.9 Å². The summed E-state index contributed by atoms with van der Waals surface area (Å²) in [6, 6.07) is 0. The Kier molecular flexibility index (Phi) is 40.5. The van der Waals surface area contributed by atoms with Crippen LogP contribution >= 0.6 is 7.82 Å². The van der Waals surface area contributed by atoms with Crippen LogP contribution in [-0.4, -0.2) is 70.7 Å². The molecule has 0 fully saturated rings. The summed E-state index contributed by atoms with van der Waals surface area (Å²) in [7, 11) is 1.35. The Balaban J connectivity index is 4.18. The molecule has 8 nitrogen and oxygen atoms in total. The Morgan fingerprint density at radius 3 is 1.46 bits per heavy atom. The fourth-order valence-electron chi connectivity index (χ4n) is 6.45. The van der Waals surface area contributed by atoms with E-state index in [1.165, 1.54) is 148 Å². The van der Waals surface area contributed by atoms with E-state index in [-0.39, 0.29) is 25.8 Å². The molecule has 0 aliphatic rings. The van der Waals surface area contributed by atoms with Gasteiger partial charge in [0.15, 0.2) is 0 Å². The van der Waals surface area contributed by atoms with Crippen LogP contribution in [0.25, 0.3) is 0 Å². The molecule has 0 aliphatic heterocycles. The molecular weight excluding hydrogens is 734 g/mol. The first-order valence-electron chi connectivity index (χ1n) is 23.7. The minimum absolute atomic E-state index is 0.0241. The highest BCUT2D eigenvalue weighted by atomic mass is 31.2. The van der Waals surface area contributed by atoms with Crippen LogP contribution in [0.15, 0.2) is 36.5 Å². The standard InChI is InChI=1S/C48H92NO7P/c1-6-8-10-12-14-16-18-20-22-23-24-25-26-27-28-29-31-33-35-37-39-41-48(50)56-47(46-55-57(51,52)54-44-42-49(3,4)5)45-53-43-40-38-36-34-32-30-21-19-17-15-13-11-9-7-2/h17-20,23-24,47H,6-16,21-22,25-46H2,1-5H3/b19-17-,20-18-,24-23-. The predicted octanol–water partition coefficient (Wildman–Crippen LogP) is 13.5. The van der Waals surface area contributed by atoms with Gasteiger partial charge in [0, 0.05) is 13.0 Å². The van der Waals surface area contributed by atoms with Crippen LogP contribution in [0.1, 0.15) is 206 Å². The first-order valence-corrected chi connectivity index (χ1v) is 25.2. The molecule has 2 unspecified atom stereocenters. The number of esters is 1. The van der Waals surface area contributed by atoms with Gasteiger partial charge in [-0.1, -0.05) is 166 Å². The number of ether oxygens (including phenoxy) is 2. The lowest BCUT2D eigenvalue weighted by molar-refractivity contribution is -0.870. The van der Waals surface area contributed by atoms with Gasteiger partial charge in [-0.15, -0.1) is 0 Å². The van der Waals surface area contributed by atoms with E-state index in [9.17, 15) is 14.3 Å². The molecule has 0 rings (SSSR count). The molecule has 0 aromatic carbocycles. The van der Waals surface area contributed by atoms with Crippen molar-refractivity contribution in [2.24, 2.45) is 0 Å². The van der Waals surface area contributed by atoms with Crippen LogP contribution in [-0.2, 0) is 27.9 Å². The third-order valence-electron chi connectivity index (χ3n) is 10.2. The molecular formula is C48H92NO7P. The Morgan fingerprint density at radius 1 is 0.544 bits per heavy atom. The van der Waals surface area contributed by atoms with Gasteiger partial charge in [0.1, 0.15) is 19.3 Å². The van der Waals surface area contributed by atoms with Crippen LogP contribution in [0.4, 0.5) is 0 Å².